The maximum atomic E-state index is 10.3. The number of carbonyl (C=O) groups is 1. The smallest absolute Gasteiger partial charge is 0.128 e. The van der Waals surface area contributed by atoms with E-state index in [1.54, 1.807) is 0 Å². The summed E-state index contributed by atoms with van der Waals surface area (Å²) in [7, 11) is 0. The number of ether oxygens (including phenoxy) is 1. The highest BCUT2D eigenvalue weighted by atomic mass is 16.5. The topological polar surface area (TPSA) is 85.9 Å². The first-order valence-electron chi connectivity index (χ1n) is 7.14. The molecule has 0 saturated heterocycles. The molecule has 1 aromatic carbocycles. The summed E-state index contributed by atoms with van der Waals surface area (Å²) in [5.74, 6) is -0.618. The second-order valence-electron chi connectivity index (χ2n) is 4.82. The molecule has 0 fully saturated rings. The number of hydrogen-bond donors (Lipinski definition) is 1. The van der Waals surface area contributed by atoms with E-state index in [-0.39, 0.29) is 6.15 Å². The van der Waals surface area contributed by atoms with Crippen molar-refractivity contribution in [3.63, 3.8) is 0 Å². The van der Waals surface area contributed by atoms with Gasteiger partial charge in [0.1, 0.15) is 12.4 Å². The Balaban J connectivity index is 0.00000361. The highest BCUT2D eigenvalue weighted by molar-refractivity contribution is 5.66. The lowest BCUT2D eigenvalue weighted by Gasteiger charge is -2.07. The molecule has 4 N–H and O–H groups in total. The van der Waals surface area contributed by atoms with E-state index in [0.717, 1.165) is 6.42 Å². The Morgan fingerprint density at radius 3 is 2.25 bits per heavy atom. The Labute approximate surface area is 121 Å². The van der Waals surface area contributed by atoms with Crippen molar-refractivity contribution in [3.05, 3.63) is 29.8 Å². The van der Waals surface area contributed by atoms with Crippen LogP contribution in [-0.4, -0.2) is 12.6 Å². The van der Waals surface area contributed by atoms with Gasteiger partial charge in [-0.3, -0.25) is 0 Å². The van der Waals surface area contributed by atoms with Crippen LogP contribution in [0.5, 0.6) is 5.75 Å². The maximum Gasteiger partial charge on any atom is 0.128 e. The largest absolute Gasteiger partial charge is 0.546 e. The molecule has 0 aliphatic heterocycles. The van der Waals surface area contributed by atoms with Crippen molar-refractivity contribution >= 4 is 5.97 Å². The van der Waals surface area contributed by atoms with Crippen LogP contribution in [0.2, 0.25) is 0 Å². The van der Waals surface area contributed by atoms with Crippen molar-refractivity contribution in [2.45, 2.75) is 51.9 Å². The molecule has 0 aromatic heterocycles. The number of unbranched alkanes of at least 4 members (excludes halogenated alkanes) is 5. The fourth-order valence-electron chi connectivity index (χ4n) is 2.00. The quantitative estimate of drug-likeness (QED) is 0.668. The first kappa shape index (κ1) is 18.4. The summed E-state index contributed by atoms with van der Waals surface area (Å²) in [6.07, 6.45) is 8.85. The van der Waals surface area contributed by atoms with Crippen LogP contribution in [-0.2, 0) is 11.2 Å². The zero-order valence-electron chi connectivity index (χ0n) is 12.7. The van der Waals surface area contributed by atoms with Gasteiger partial charge in [-0.25, -0.2) is 0 Å². The normalized spacial score (nSPS) is 9.85. The van der Waals surface area contributed by atoms with Gasteiger partial charge in [-0.2, -0.15) is 0 Å². The SMILES string of the molecule is CCCCCCCCc1ccc(OCC(=O)[O-])cc1.[NH4+]. The van der Waals surface area contributed by atoms with Crippen LogP contribution in [0.25, 0.3) is 0 Å². The van der Waals surface area contributed by atoms with Crippen LogP contribution in [0.3, 0.4) is 0 Å². The van der Waals surface area contributed by atoms with Crippen LogP contribution in [0.15, 0.2) is 24.3 Å². The summed E-state index contributed by atoms with van der Waals surface area (Å²) < 4.78 is 5.03. The van der Waals surface area contributed by atoms with Crippen molar-refractivity contribution in [1.29, 1.82) is 0 Å². The van der Waals surface area contributed by atoms with Gasteiger partial charge in [0, 0.05) is 0 Å². The molecular formula is C16H27NO3. The molecule has 1 aromatic rings. The number of rotatable bonds is 10. The van der Waals surface area contributed by atoms with Crippen molar-refractivity contribution in [3.8, 4) is 5.75 Å². The predicted octanol–water partition coefficient (Wildman–Crippen LogP) is 3.09. The molecule has 0 aliphatic rings. The molecule has 0 saturated carbocycles. The molecule has 0 radical (unpaired) electrons. The molecular weight excluding hydrogens is 254 g/mol. The molecule has 4 heteroatoms. The first-order valence-corrected chi connectivity index (χ1v) is 7.14. The fraction of sp³-hybridized carbons (Fsp3) is 0.562. The van der Waals surface area contributed by atoms with E-state index in [1.165, 1.54) is 44.1 Å². The Morgan fingerprint density at radius 2 is 1.65 bits per heavy atom. The van der Waals surface area contributed by atoms with Crippen LogP contribution in [0, 0.1) is 0 Å². The summed E-state index contributed by atoms with van der Waals surface area (Å²) in [5, 5.41) is 10.3. The summed E-state index contributed by atoms with van der Waals surface area (Å²) in [5.41, 5.74) is 1.27. The molecule has 0 atom stereocenters. The van der Waals surface area contributed by atoms with Gasteiger partial charge in [0.05, 0.1) is 5.97 Å². The number of hydrogen-bond acceptors (Lipinski definition) is 3. The van der Waals surface area contributed by atoms with Gasteiger partial charge in [-0.05, 0) is 30.5 Å². The van der Waals surface area contributed by atoms with E-state index in [9.17, 15) is 9.90 Å². The van der Waals surface area contributed by atoms with Gasteiger partial charge >= 0.3 is 0 Å². The number of aliphatic carboxylic acids is 1. The maximum absolute atomic E-state index is 10.3. The Morgan fingerprint density at radius 1 is 1.05 bits per heavy atom. The van der Waals surface area contributed by atoms with E-state index in [2.05, 4.69) is 6.92 Å². The van der Waals surface area contributed by atoms with Crippen molar-refractivity contribution in [1.82, 2.24) is 6.15 Å². The lowest BCUT2D eigenvalue weighted by molar-refractivity contribution is -0.307. The minimum absolute atomic E-state index is 0. The minimum Gasteiger partial charge on any atom is -0.546 e. The summed E-state index contributed by atoms with van der Waals surface area (Å²) >= 11 is 0. The third kappa shape index (κ3) is 8.53. The minimum atomic E-state index is -1.20. The van der Waals surface area contributed by atoms with Gasteiger partial charge in [0.15, 0.2) is 0 Å². The molecule has 0 unspecified atom stereocenters. The molecule has 20 heavy (non-hydrogen) atoms. The molecule has 0 bridgehead atoms. The van der Waals surface area contributed by atoms with Gasteiger partial charge in [-0.1, -0.05) is 51.2 Å². The molecule has 0 heterocycles. The van der Waals surface area contributed by atoms with E-state index in [4.69, 9.17) is 4.74 Å². The highest BCUT2D eigenvalue weighted by Crippen LogP contribution is 2.15. The highest BCUT2D eigenvalue weighted by Gasteiger charge is 1.97. The van der Waals surface area contributed by atoms with Gasteiger partial charge in [-0.15, -0.1) is 0 Å². The second-order valence-corrected chi connectivity index (χ2v) is 4.82. The zero-order valence-corrected chi connectivity index (χ0v) is 12.7. The van der Waals surface area contributed by atoms with Crippen molar-refractivity contribution in [2.24, 2.45) is 0 Å². The first-order chi connectivity index (χ1) is 9.22. The number of carbonyl (C=O) groups excluding carboxylic acids is 1. The number of benzene rings is 1. The number of carboxylic acids is 1. The third-order valence-electron chi connectivity index (χ3n) is 3.10. The standard InChI is InChI=1S/C16H24O3.H3N/c1-2-3-4-5-6-7-8-14-9-11-15(12-10-14)19-13-16(17)18;/h9-12H,2-8,13H2,1H3,(H,17,18);1H3. The van der Waals surface area contributed by atoms with Crippen molar-refractivity contribution < 1.29 is 14.6 Å². The average molecular weight is 281 g/mol. The van der Waals surface area contributed by atoms with Crippen LogP contribution >= 0.6 is 0 Å². The number of aryl methyl sites for hydroxylation is 1. The predicted molar refractivity (Wildman–Crippen MR) is 80.0 cm³/mol. The van der Waals surface area contributed by atoms with Crippen LogP contribution in [0.4, 0.5) is 0 Å². The Bertz CT molecular complexity index is 362. The molecule has 1 rings (SSSR count). The molecule has 0 spiro atoms. The third-order valence-corrected chi connectivity index (χ3v) is 3.10. The van der Waals surface area contributed by atoms with Crippen molar-refractivity contribution in [2.75, 3.05) is 6.61 Å². The van der Waals surface area contributed by atoms with E-state index >= 15 is 0 Å². The van der Waals surface area contributed by atoms with Crippen LogP contribution in [0.1, 0.15) is 51.0 Å². The van der Waals surface area contributed by atoms with E-state index in [1.807, 2.05) is 24.3 Å². The Kier molecular flexibility index (Phi) is 10.4. The summed E-state index contributed by atoms with van der Waals surface area (Å²) in [4.78, 5) is 10.3. The molecule has 114 valence electrons. The van der Waals surface area contributed by atoms with Gasteiger partial charge < -0.3 is 20.8 Å². The lowest BCUT2D eigenvalue weighted by atomic mass is 10.0. The number of carboxylic acid groups (broad SMARTS) is 1. The van der Waals surface area contributed by atoms with Gasteiger partial charge in [0.25, 0.3) is 0 Å². The fourth-order valence-corrected chi connectivity index (χ4v) is 2.00. The lowest BCUT2D eigenvalue weighted by Crippen LogP contribution is -2.28. The summed E-state index contributed by atoms with van der Waals surface area (Å²) in [6, 6.07) is 7.62. The van der Waals surface area contributed by atoms with E-state index in [0.29, 0.717) is 5.75 Å². The molecule has 0 amide bonds. The second kappa shape index (κ2) is 11.3. The zero-order chi connectivity index (χ0) is 13.9. The summed E-state index contributed by atoms with van der Waals surface area (Å²) in [6.45, 7) is 1.83. The number of quaternary nitrogens is 1. The molecule has 0 aliphatic carbocycles. The average Bonchev–Trinajstić information content (AvgIpc) is 2.41. The molecule has 4 nitrogen and oxygen atoms in total. The van der Waals surface area contributed by atoms with Gasteiger partial charge in [0.2, 0.25) is 0 Å². The monoisotopic (exact) mass is 281 g/mol. The Hall–Kier alpha value is -1.55. The van der Waals surface area contributed by atoms with Crippen LogP contribution < -0.4 is 16.0 Å². The van der Waals surface area contributed by atoms with E-state index < -0.39 is 12.6 Å².